The summed E-state index contributed by atoms with van der Waals surface area (Å²) in [7, 11) is 1.77. The Bertz CT molecular complexity index is 727. The number of carbonyl (C=O) groups excluding carboxylic acids is 2. The summed E-state index contributed by atoms with van der Waals surface area (Å²) in [5, 5.41) is 2.85. The molecule has 0 fully saturated rings. The van der Waals surface area contributed by atoms with E-state index in [9.17, 15) is 9.59 Å². The van der Waals surface area contributed by atoms with E-state index >= 15 is 0 Å². The summed E-state index contributed by atoms with van der Waals surface area (Å²) in [6.45, 7) is 6.29. The summed E-state index contributed by atoms with van der Waals surface area (Å²) in [5.74, 6) is -0.170. The minimum atomic E-state index is -0.139. The van der Waals surface area contributed by atoms with Crippen molar-refractivity contribution in [2.24, 2.45) is 0 Å². The van der Waals surface area contributed by atoms with E-state index in [0.29, 0.717) is 0 Å². The van der Waals surface area contributed by atoms with Gasteiger partial charge in [-0.15, -0.1) is 0 Å². The van der Waals surface area contributed by atoms with Gasteiger partial charge in [0.2, 0.25) is 11.8 Å². The normalized spacial score (nSPS) is 10.8. The SMILES string of the molecule is Cc1ccc(NC(=O)CN(C)CC(=O)N(c2ccccc2)C(C)C)cc1. The van der Waals surface area contributed by atoms with Crippen LogP contribution in [-0.2, 0) is 9.59 Å². The monoisotopic (exact) mass is 353 g/mol. The number of para-hydroxylation sites is 1. The van der Waals surface area contributed by atoms with E-state index in [1.807, 2.05) is 75.4 Å². The Morgan fingerprint density at radius 3 is 2.15 bits per heavy atom. The molecule has 5 heteroatoms. The molecule has 2 aromatic rings. The van der Waals surface area contributed by atoms with E-state index in [4.69, 9.17) is 0 Å². The van der Waals surface area contributed by atoms with Crippen molar-refractivity contribution in [3.8, 4) is 0 Å². The fourth-order valence-corrected chi connectivity index (χ4v) is 2.76. The van der Waals surface area contributed by atoms with Crippen LogP contribution >= 0.6 is 0 Å². The minimum absolute atomic E-state index is 0.0307. The molecule has 2 rings (SSSR count). The molecule has 0 aromatic heterocycles. The molecule has 0 bridgehead atoms. The van der Waals surface area contributed by atoms with Crippen LogP contribution in [0.25, 0.3) is 0 Å². The predicted octanol–water partition coefficient (Wildman–Crippen LogP) is 3.31. The summed E-state index contributed by atoms with van der Waals surface area (Å²) in [6.07, 6.45) is 0. The van der Waals surface area contributed by atoms with Gasteiger partial charge < -0.3 is 10.2 Å². The third-order valence-corrected chi connectivity index (χ3v) is 3.97. The maximum Gasteiger partial charge on any atom is 0.241 e. The van der Waals surface area contributed by atoms with Gasteiger partial charge in [-0.1, -0.05) is 35.9 Å². The highest BCUT2D eigenvalue weighted by Crippen LogP contribution is 2.17. The molecular formula is C21H27N3O2. The van der Waals surface area contributed by atoms with Crippen molar-refractivity contribution >= 4 is 23.2 Å². The zero-order valence-corrected chi connectivity index (χ0v) is 15.9. The lowest BCUT2D eigenvalue weighted by atomic mass is 10.2. The average molecular weight is 353 g/mol. The minimum Gasteiger partial charge on any atom is -0.325 e. The second-order valence-corrected chi connectivity index (χ2v) is 6.78. The molecule has 0 radical (unpaired) electrons. The maximum absolute atomic E-state index is 12.7. The molecule has 2 amide bonds. The Labute approximate surface area is 155 Å². The summed E-state index contributed by atoms with van der Waals surface area (Å²) < 4.78 is 0. The molecule has 1 N–H and O–H groups in total. The Kier molecular flexibility index (Phi) is 6.92. The van der Waals surface area contributed by atoms with Gasteiger partial charge in [-0.2, -0.15) is 0 Å². The Morgan fingerprint density at radius 1 is 0.962 bits per heavy atom. The van der Waals surface area contributed by atoms with Gasteiger partial charge in [0.05, 0.1) is 13.1 Å². The fraction of sp³-hybridized carbons (Fsp3) is 0.333. The van der Waals surface area contributed by atoms with E-state index in [1.165, 1.54) is 0 Å². The van der Waals surface area contributed by atoms with E-state index < -0.39 is 0 Å². The van der Waals surface area contributed by atoms with Crippen LogP contribution < -0.4 is 10.2 Å². The number of likely N-dealkylation sites (N-methyl/N-ethyl adjacent to an activating group) is 1. The Hall–Kier alpha value is -2.66. The number of amides is 2. The molecule has 26 heavy (non-hydrogen) atoms. The molecule has 0 unspecified atom stereocenters. The number of anilines is 2. The number of aryl methyl sites for hydroxylation is 1. The first-order valence-electron chi connectivity index (χ1n) is 8.79. The average Bonchev–Trinajstić information content (AvgIpc) is 2.57. The Morgan fingerprint density at radius 2 is 1.58 bits per heavy atom. The van der Waals surface area contributed by atoms with E-state index in [2.05, 4.69) is 5.32 Å². The van der Waals surface area contributed by atoms with Crippen LogP contribution in [0.5, 0.6) is 0 Å². The second kappa shape index (κ2) is 9.15. The second-order valence-electron chi connectivity index (χ2n) is 6.78. The van der Waals surface area contributed by atoms with Crippen LogP contribution in [0, 0.1) is 6.92 Å². The van der Waals surface area contributed by atoms with E-state index in [1.54, 1.807) is 16.8 Å². The molecule has 5 nitrogen and oxygen atoms in total. The van der Waals surface area contributed by atoms with Crippen LogP contribution in [0.3, 0.4) is 0 Å². The van der Waals surface area contributed by atoms with Crippen LogP contribution in [0.4, 0.5) is 11.4 Å². The van der Waals surface area contributed by atoms with E-state index in [0.717, 1.165) is 16.9 Å². The van der Waals surface area contributed by atoms with Gasteiger partial charge in [0.25, 0.3) is 0 Å². The van der Waals surface area contributed by atoms with Crippen molar-refractivity contribution in [1.29, 1.82) is 0 Å². The molecule has 138 valence electrons. The van der Waals surface area contributed by atoms with Crippen molar-refractivity contribution < 1.29 is 9.59 Å². The molecule has 0 saturated heterocycles. The number of rotatable bonds is 7. The van der Waals surface area contributed by atoms with Gasteiger partial charge in [0.1, 0.15) is 0 Å². The molecule has 0 heterocycles. The van der Waals surface area contributed by atoms with Crippen LogP contribution in [0.1, 0.15) is 19.4 Å². The summed E-state index contributed by atoms with van der Waals surface area (Å²) in [5.41, 5.74) is 2.76. The molecule has 0 spiro atoms. The zero-order valence-electron chi connectivity index (χ0n) is 15.9. The van der Waals surface area contributed by atoms with Crippen LogP contribution in [0.15, 0.2) is 54.6 Å². The molecule has 0 saturated carbocycles. The third-order valence-electron chi connectivity index (χ3n) is 3.97. The first-order chi connectivity index (χ1) is 12.4. The van der Waals surface area contributed by atoms with Crippen molar-refractivity contribution in [1.82, 2.24) is 4.90 Å². The molecular weight excluding hydrogens is 326 g/mol. The van der Waals surface area contributed by atoms with Crippen LogP contribution in [0.2, 0.25) is 0 Å². The van der Waals surface area contributed by atoms with Gasteiger partial charge in [-0.3, -0.25) is 14.5 Å². The largest absolute Gasteiger partial charge is 0.325 e. The van der Waals surface area contributed by atoms with Crippen molar-refractivity contribution in [3.05, 3.63) is 60.2 Å². The number of carbonyl (C=O) groups is 2. The lowest BCUT2D eigenvalue weighted by Crippen LogP contribution is -2.44. The van der Waals surface area contributed by atoms with Gasteiger partial charge in [-0.25, -0.2) is 0 Å². The number of hydrogen-bond acceptors (Lipinski definition) is 3. The number of hydrogen-bond donors (Lipinski definition) is 1. The van der Waals surface area contributed by atoms with Gasteiger partial charge >= 0.3 is 0 Å². The first kappa shape index (κ1) is 19.7. The van der Waals surface area contributed by atoms with Gasteiger partial charge in [0, 0.05) is 17.4 Å². The number of benzene rings is 2. The van der Waals surface area contributed by atoms with Crippen LogP contribution in [-0.4, -0.2) is 42.9 Å². The highest BCUT2D eigenvalue weighted by atomic mass is 16.2. The summed E-state index contributed by atoms with van der Waals surface area (Å²) >= 11 is 0. The molecule has 0 atom stereocenters. The van der Waals surface area contributed by atoms with Gasteiger partial charge in [-0.05, 0) is 52.1 Å². The maximum atomic E-state index is 12.7. The molecule has 0 aliphatic rings. The van der Waals surface area contributed by atoms with E-state index in [-0.39, 0.29) is 30.9 Å². The fourth-order valence-electron chi connectivity index (χ4n) is 2.76. The lowest BCUT2D eigenvalue weighted by Gasteiger charge is -2.28. The smallest absolute Gasteiger partial charge is 0.241 e. The summed E-state index contributed by atoms with van der Waals surface area (Å²) in [6, 6.07) is 17.3. The predicted molar refractivity (Wildman–Crippen MR) is 106 cm³/mol. The third kappa shape index (κ3) is 5.70. The van der Waals surface area contributed by atoms with Crippen molar-refractivity contribution in [2.45, 2.75) is 26.8 Å². The van der Waals surface area contributed by atoms with Crippen molar-refractivity contribution in [3.63, 3.8) is 0 Å². The first-order valence-corrected chi connectivity index (χ1v) is 8.79. The number of nitrogens with one attached hydrogen (secondary N) is 1. The lowest BCUT2D eigenvalue weighted by molar-refractivity contribution is -0.121. The standard InChI is InChI=1S/C21H27N3O2/c1-16(2)24(19-8-6-5-7-9-19)21(26)15-23(4)14-20(25)22-18-12-10-17(3)11-13-18/h5-13,16H,14-15H2,1-4H3,(H,22,25). The highest BCUT2D eigenvalue weighted by Gasteiger charge is 2.21. The topological polar surface area (TPSA) is 52.7 Å². The number of nitrogens with zero attached hydrogens (tertiary/aromatic N) is 2. The molecule has 2 aromatic carbocycles. The molecule has 0 aliphatic carbocycles. The summed E-state index contributed by atoms with van der Waals surface area (Å²) in [4.78, 5) is 28.4. The highest BCUT2D eigenvalue weighted by molar-refractivity contribution is 5.96. The van der Waals surface area contributed by atoms with Crippen molar-refractivity contribution in [2.75, 3.05) is 30.4 Å². The van der Waals surface area contributed by atoms with Gasteiger partial charge in [0.15, 0.2) is 0 Å². The zero-order chi connectivity index (χ0) is 19.1. The molecule has 0 aliphatic heterocycles. The Balaban J connectivity index is 1.92. The quantitative estimate of drug-likeness (QED) is 0.831.